The lowest BCUT2D eigenvalue weighted by molar-refractivity contribution is -0.150. The van der Waals surface area contributed by atoms with Gasteiger partial charge in [-0.25, -0.2) is 4.79 Å². The highest BCUT2D eigenvalue weighted by Gasteiger charge is 2.43. The van der Waals surface area contributed by atoms with Crippen LogP contribution in [0, 0.1) is 5.92 Å². The molecular weight excluding hydrogens is 593 g/mol. The Bertz CT molecular complexity index is 1570. The number of fused-ring (bicyclic) bond motifs is 2. The molecule has 0 bridgehead atoms. The molecule has 0 unspecified atom stereocenters. The smallest absolute Gasteiger partial charge is 0.333 e. The number of rotatable bonds is 8. The Hall–Kier alpha value is -3.63. The molecule has 1 aromatic heterocycles. The molecule has 0 saturated heterocycles. The van der Waals surface area contributed by atoms with Gasteiger partial charge in [-0.2, -0.15) is 0 Å². The van der Waals surface area contributed by atoms with Crippen molar-refractivity contribution in [3.8, 4) is 17.2 Å². The van der Waals surface area contributed by atoms with Crippen LogP contribution in [-0.4, -0.2) is 33.9 Å². The first kappa shape index (κ1) is 30.3. The van der Waals surface area contributed by atoms with Crippen molar-refractivity contribution in [3.05, 3.63) is 87.0 Å². The zero-order chi connectivity index (χ0) is 29.9. The average molecular weight is 621 g/mol. The van der Waals surface area contributed by atoms with E-state index in [1.54, 1.807) is 18.2 Å². The van der Waals surface area contributed by atoms with E-state index in [0.29, 0.717) is 34.0 Å². The van der Waals surface area contributed by atoms with Crippen LogP contribution in [0.4, 0.5) is 0 Å². The molecule has 1 atom stereocenters. The van der Waals surface area contributed by atoms with Gasteiger partial charge >= 0.3 is 5.97 Å². The predicted molar refractivity (Wildman–Crippen MR) is 158 cm³/mol. The number of amides is 1. The van der Waals surface area contributed by atoms with E-state index in [-0.39, 0.29) is 6.79 Å². The molecule has 5 rings (SSSR count). The minimum atomic E-state index is -1.94. The van der Waals surface area contributed by atoms with Crippen molar-refractivity contribution in [2.24, 2.45) is 17.4 Å². The fraction of sp³-hybridized carbons (Fsp3) is 0.241. The van der Waals surface area contributed by atoms with Gasteiger partial charge < -0.3 is 35.4 Å². The highest BCUT2D eigenvalue weighted by Crippen LogP contribution is 2.37. The molecule has 0 aliphatic carbocycles. The van der Waals surface area contributed by atoms with Gasteiger partial charge in [0.1, 0.15) is 12.4 Å². The van der Waals surface area contributed by atoms with Crippen LogP contribution in [-0.2, 0) is 22.7 Å². The quantitative estimate of drug-likeness (QED) is 0.210. The molecule has 5 N–H and O–H groups in total. The molecule has 1 aliphatic rings. The number of carboxylic acid groups (broad SMARTS) is 1. The molecule has 1 aliphatic heterocycles. The summed E-state index contributed by atoms with van der Waals surface area (Å²) >= 11 is 18.9. The Morgan fingerprint density at radius 1 is 1.02 bits per heavy atom. The number of carbonyl (C=O) groups is 2. The second kappa shape index (κ2) is 12.5. The second-order valence-electron chi connectivity index (χ2n) is 9.64. The van der Waals surface area contributed by atoms with Crippen molar-refractivity contribution in [1.82, 2.24) is 4.57 Å². The molecular formula is C29H28Cl3N3O6. The van der Waals surface area contributed by atoms with Crippen LogP contribution < -0.4 is 25.7 Å². The fourth-order valence-electron chi connectivity index (χ4n) is 4.13. The van der Waals surface area contributed by atoms with Crippen LogP contribution in [0.15, 0.2) is 60.8 Å². The minimum absolute atomic E-state index is 0.226. The van der Waals surface area contributed by atoms with Gasteiger partial charge in [-0.3, -0.25) is 4.79 Å². The van der Waals surface area contributed by atoms with Gasteiger partial charge in [0.05, 0.1) is 0 Å². The number of halogens is 3. The van der Waals surface area contributed by atoms with Gasteiger partial charge in [-0.15, -0.1) is 0 Å². The Morgan fingerprint density at radius 2 is 1.68 bits per heavy atom. The summed E-state index contributed by atoms with van der Waals surface area (Å²) in [5.74, 6) is -0.767. The average Bonchev–Trinajstić information content (AvgIpc) is 3.54. The zero-order valence-electron chi connectivity index (χ0n) is 22.2. The monoisotopic (exact) mass is 619 g/mol. The number of benzene rings is 3. The Morgan fingerprint density at radius 3 is 2.27 bits per heavy atom. The van der Waals surface area contributed by atoms with Crippen molar-refractivity contribution in [2.45, 2.75) is 32.5 Å². The zero-order valence-corrected chi connectivity index (χ0v) is 24.5. The maximum absolute atomic E-state index is 10.6. The Labute approximate surface area is 251 Å². The van der Waals surface area contributed by atoms with E-state index in [2.05, 4.69) is 4.57 Å². The van der Waals surface area contributed by atoms with E-state index in [1.807, 2.05) is 42.6 Å². The molecule has 3 aromatic carbocycles. The summed E-state index contributed by atoms with van der Waals surface area (Å²) < 4.78 is 18.9. The first-order chi connectivity index (χ1) is 19.4. The highest BCUT2D eigenvalue weighted by atomic mass is 35.5. The number of hydrogen-bond donors (Lipinski definition) is 3. The summed E-state index contributed by atoms with van der Waals surface area (Å²) in [5, 5.41) is 11.4. The molecule has 0 saturated carbocycles. The molecule has 0 fully saturated rings. The topological polar surface area (TPSA) is 139 Å². The number of ether oxygens (including phenoxy) is 3. The lowest BCUT2D eigenvalue weighted by Crippen LogP contribution is -2.61. The van der Waals surface area contributed by atoms with Gasteiger partial charge in [0.2, 0.25) is 12.7 Å². The van der Waals surface area contributed by atoms with Crippen molar-refractivity contribution >= 4 is 57.6 Å². The SMILES string of the molecule is CC(C)[C@](N)(C(N)=O)C(=O)O.Clc1cc2c(cc1Cn1ccc3cc(OCc4c(Cl)cccc4Cl)ccc31)OCO2. The first-order valence-electron chi connectivity index (χ1n) is 12.5. The molecule has 0 radical (unpaired) electrons. The number of aromatic nitrogens is 1. The van der Waals surface area contributed by atoms with E-state index >= 15 is 0 Å². The van der Waals surface area contributed by atoms with Crippen molar-refractivity contribution in [1.29, 1.82) is 0 Å². The van der Waals surface area contributed by atoms with Crippen LogP contribution in [0.1, 0.15) is 25.0 Å². The maximum Gasteiger partial charge on any atom is 0.333 e. The molecule has 1 amide bonds. The van der Waals surface area contributed by atoms with Crippen LogP contribution in [0.2, 0.25) is 15.1 Å². The second-order valence-corrected chi connectivity index (χ2v) is 10.9. The number of carbonyl (C=O) groups excluding carboxylic acids is 1. The van der Waals surface area contributed by atoms with Gasteiger partial charge in [0, 0.05) is 50.3 Å². The highest BCUT2D eigenvalue weighted by molar-refractivity contribution is 6.36. The summed E-state index contributed by atoms with van der Waals surface area (Å²) in [6, 6.07) is 17.2. The van der Waals surface area contributed by atoms with Gasteiger partial charge in [-0.1, -0.05) is 54.7 Å². The van der Waals surface area contributed by atoms with Gasteiger partial charge in [0.15, 0.2) is 17.0 Å². The van der Waals surface area contributed by atoms with Gasteiger partial charge in [-0.05, 0) is 53.9 Å². The molecule has 216 valence electrons. The summed E-state index contributed by atoms with van der Waals surface area (Å²) in [4.78, 5) is 21.1. The van der Waals surface area contributed by atoms with Crippen LogP contribution in [0.25, 0.3) is 10.9 Å². The third-order valence-corrected chi connectivity index (χ3v) is 7.80. The number of aliphatic carboxylic acids is 1. The van der Waals surface area contributed by atoms with E-state index in [4.69, 9.17) is 65.6 Å². The summed E-state index contributed by atoms with van der Waals surface area (Å²) in [6.07, 6.45) is 2.03. The lowest BCUT2D eigenvalue weighted by Gasteiger charge is -2.24. The molecule has 2 heterocycles. The van der Waals surface area contributed by atoms with Crippen LogP contribution >= 0.6 is 34.8 Å². The Balaban J connectivity index is 0.000000301. The predicted octanol–water partition coefficient (Wildman–Crippen LogP) is 5.87. The van der Waals surface area contributed by atoms with Crippen molar-refractivity contribution in [2.75, 3.05) is 6.79 Å². The Kier molecular flexibility index (Phi) is 9.24. The number of carboxylic acids is 1. The fourth-order valence-corrected chi connectivity index (χ4v) is 4.85. The number of primary amides is 1. The number of hydrogen-bond acceptors (Lipinski definition) is 6. The van der Waals surface area contributed by atoms with E-state index in [0.717, 1.165) is 33.5 Å². The summed E-state index contributed by atoms with van der Waals surface area (Å²) in [7, 11) is 0. The third-order valence-electron chi connectivity index (χ3n) is 6.74. The standard InChI is InChI=1S/C23H16Cl3NO3.C6H12N2O3/c24-18-2-1-3-19(25)17(18)12-28-16-4-5-21-14(8-16)6-7-27(21)11-15-9-22-23(10-20(15)26)30-13-29-22;1-3(2)6(8,4(7)9)5(10)11/h1-10H,11-13H2;3H,8H2,1-2H3,(H2,7,9)(H,10,11)/t;6-/m.0/s1. The largest absolute Gasteiger partial charge is 0.489 e. The third kappa shape index (κ3) is 6.49. The number of nitrogens with two attached hydrogens (primary N) is 2. The van der Waals surface area contributed by atoms with Crippen LogP contribution in [0.5, 0.6) is 17.2 Å². The lowest BCUT2D eigenvalue weighted by atomic mass is 9.87. The van der Waals surface area contributed by atoms with Crippen LogP contribution in [0.3, 0.4) is 0 Å². The number of nitrogens with zero attached hydrogens (tertiary/aromatic N) is 1. The maximum atomic E-state index is 10.6. The minimum Gasteiger partial charge on any atom is -0.489 e. The summed E-state index contributed by atoms with van der Waals surface area (Å²) in [5.41, 5.74) is 11.0. The molecule has 41 heavy (non-hydrogen) atoms. The first-order valence-corrected chi connectivity index (χ1v) is 13.6. The van der Waals surface area contributed by atoms with E-state index in [1.165, 1.54) is 13.8 Å². The normalized spacial score (nSPS) is 13.4. The summed E-state index contributed by atoms with van der Waals surface area (Å²) in [6.45, 7) is 4.20. The molecule has 12 heteroatoms. The molecule has 4 aromatic rings. The molecule has 0 spiro atoms. The van der Waals surface area contributed by atoms with Crippen molar-refractivity contribution < 1.29 is 28.9 Å². The van der Waals surface area contributed by atoms with Gasteiger partial charge in [0.25, 0.3) is 0 Å². The van der Waals surface area contributed by atoms with Crippen molar-refractivity contribution in [3.63, 3.8) is 0 Å². The van der Waals surface area contributed by atoms with E-state index in [9.17, 15) is 9.59 Å². The van der Waals surface area contributed by atoms with E-state index < -0.39 is 23.3 Å². The molecule has 9 nitrogen and oxygen atoms in total.